The molecule has 1 aliphatic carbocycles. The first-order chi connectivity index (χ1) is 11.0. The van der Waals surface area contributed by atoms with E-state index >= 15 is 0 Å². The van der Waals surface area contributed by atoms with Gasteiger partial charge in [0.1, 0.15) is 0 Å². The van der Waals surface area contributed by atoms with Crippen LogP contribution in [-0.2, 0) is 9.59 Å². The molecule has 1 fully saturated rings. The summed E-state index contributed by atoms with van der Waals surface area (Å²) >= 11 is 6.07. The Morgan fingerprint density at radius 3 is 2.48 bits per heavy atom. The molecular weight excluding hydrogens is 312 g/mol. The molecule has 0 spiro atoms. The van der Waals surface area contributed by atoms with Gasteiger partial charge in [0, 0.05) is 23.8 Å². The number of hydrogen-bond donors (Lipinski definition) is 1. The standard InChI is InChI=1S/C18H25ClN2O2/c1-4-9-21(10-5-2)18(23)14-11-13(14)17(22)20-16-8-6-7-15(19)12(16)3/h6-8,13-14H,4-5,9-11H2,1-3H3,(H,20,22). The van der Waals surface area contributed by atoms with Crippen molar-refractivity contribution in [3.63, 3.8) is 0 Å². The number of rotatable bonds is 7. The first kappa shape index (κ1) is 17.8. The van der Waals surface area contributed by atoms with Crippen molar-refractivity contribution in [2.24, 2.45) is 11.8 Å². The normalized spacial score (nSPS) is 19.3. The van der Waals surface area contributed by atoms with E-state index in [1.165, 1.54) is 0 Å². The lowest BCUT2D eigenvalue weighted by molar-refractivity contribution is -0.134. The minimum Gasteiger partial charge on any atom is -0.342 e. The average molecular weight is 337 g/mol. The molecule has 1 aromatic rings. The third kappa shape index (κ3) is 4.25. The Bertz CT molecular complexity index is 582. The molecule has 23 heavy (non-hydrogen) atoms. The monoisotopic (exact) mass is 336 g/mol. The lowest BCUT2D eigenvalue weighted by Gasteiger charge is -2.21. The Hall–Kier alpha value is -1.55. The maximum Gasteiger partial charge on any atom is 0.228 e. The third-order valence-electron chi connectivity index (χ3n) is 4.27. The number of amides is 2. The van der Waals surface area contributed by atoms with E-state index in [-0.39, 0.29) is 23.7 Å². The van der Waals surface area contributed by atoms with Crippen molar-refractivity contribution >= 4 is 29.1 Å². The van der Waals surface area contributed by atoms with Crippen molar-refractivity contribution in [3.05, 3.63) is 28.8 Å². The Morgan fingerprint density at radius 2 is 1.87 bits per heavy atom. The SMILES string of the molecule is CCCN(CCC)C(=O)C1CC1C(=O)Nc1cccc(Cl)c1C. The highest BCUT2D eigenvalue weighted by atomic mass is 35.5. The molecule has 0 heterocycles. The largest absolute Gasteiger partial charge is 0.342 e. The van der Waals surface area contributed by atoms with Gasteiger partial charge < -0.3 is 10.2 Å². The predicted octanol–water partition coefficient (Wildman–Crippen LogP) is 3.87. The molecule has 2 atom stereocenters. The number of carbonyl (C=O) groups is 2. The molecule has 1 N–H and O–H groups in total. The van der Waals surface area contributed by atoms with Crippen LogP contribution in [-0.4, -0.2) is 29.8 Å². The minimum absolute atomic E-state index is 0.0818. The smallest absolute Gasteiger partial charge is 0.228 e. The van der Waals surface area contributed by atoms with E-state index in [1.807, 2.05) is 24.0 Å². The summed E-state index contributed by atoms with van der Waals surface area (Å²) in [5.41, 5.74) is 1.57. The molecule has 2 unspecified atom stereocenters. The van der Waals surface area contributed by atoms with Gasteiger partial charge in [-0.2, -0.15) is 0 Å². The van der Waals surface area contributed by atoms with Crippen molar-refractivity contribution in [2.75, 3.05) is 18.4 Å². The van der Waals surface area contributed by atoms with Crippen molar-refractivity contribution in [1.29, 1.82) is 0 Å². The van der Waals surface area contributed by atoms with Gasteiger partial charge in [-0.3, -0.25) is 9.59 Å². The molecule has 126 valence electrons. The second-order valence-corrected chi connectivity index (χ2v) is 6.58. The molecule has 1 aromatic carbocycles. The van der Waals surface area contributed by atoms with Crippen molar-refractivity contribution in [1.82, 2.24) is 4.90 Å². The van der Waals surface area contributed by atoms with Gasteiger partial charge in [-0.1, -0.05) is 31.5 Å². The number of anilines is 1. The first-order valence-corrected chi connectivity index (χ1v) is 8.72. The van der Waals surface area contributed by atoms with Crippen molar-refractivity contribution in [2.45, 2.75) is 40.0 Å². The van der Waals surface area contributed by atoms with Crippen LogP contribution in [0.25, 0.3) is 0 Å². The second kappa shape index (κ2) is 7.82. The minimum atomic E-state index is -0.211. The van der Waals surface area contributed by atoms with Crippen LogP contribution in [0, 0.1) is 18.8 Å². The van der Waals surface area contributed by atoms with E-state index in [2.05, 4.69) is 19.2 Å². The fourth-order valence-corrected chi connectivity index (χ4v) is 3.01. The van der Waals surface area contributed by atoms with Gasteiger partial charge in [0.25, 0.3) is 0 Å². The molecule has 1 aliphatic rings. The molecule has 2 rings (SSSR count). The van der Waals surface area contributed by atoms with E-state index in [0.717, 1.165) is 37.2 Å². The molecule has 4 nitrogen and oxygen atoms in total. The van der Waals surface area contributed by atoms with Gasteiger partial charge in [-0.15, -0.1) is 0 Å². The molecule has 2 amide bonds. The molecule has 0 aliphatic heterocycles. The number of hydrogen-bond acceptors (Lipinski definition) is 2. The summed E-state index contributed by atoms with van der Waals surface area (Å²) < 4.78 is 0. The lowest BCUT2D eigenvalue weighted by Crippen LogP contribution is -2.34. The summed E-state index contributed by atoms with van der Waals surface area (Å²) in [6.07, 6.45) is 2.53. The maximum absolute atomic E-state index is 12.5. The zero-order valence-electron chi connectivity index (χ0n) is 14.1. The molecule has 0 bridgehead atoms. The molecular formula is C18H25ClN2O2. The molecule has 5 heteroatoms. The highest BCUT2D eigenvalue weighted by Gasteiger charge is 2.49. The van der Waals surface area contributed by atoms with Crippen LogP contribution < -0.4 is 5.32 Å². The van der Waals surface area contributed by atoms with Crippen molar-refractivity contribution < 1.29 is 9.59 Å². The highest BCUT2D eigenvalue weighted by molar-refractivity contribution is 6.31. The van der Waals surface area contributed by atoms with Gasteiger partial charge in [-0.25, -0.2) is 0 Å². The Morgan fingerprint density at radius 1 is 1.22 bits per heavy atom. The van der Waals surface area contributed by atoms with Crippen LogP contribution in [0.5, 0.6) is 0 Å². The highest BCUT2D eigenvalue weighted by Crippen LogP contribution is 2.41. The van der Waals surface area contributed by atoms with Gasteiger partial charge in [0.15, 0.2) is 0 Å². The van der Waals surface area contributed by atoms with Crippen LogP contribution >= 0.6 is 11.6 Å². The number of benzene rings is 1. The van der Waals surface area contributed by atoms with Crippen LogP contribution in [0.1, 0.15) is 38.7 Å². The van der Waals surface area contributed by atoms with Crippen LogP contribution in [0.4, 0.5) is 5.69 Å². The zero-order valence-corrected chi connectivity index (χ0v) is 14.8. The summed E-state index contributed by atoms with van der Waals surface area (Å²) in [6.45, 7) is 7.54. The van der Waals surface area contributed by atoms with Crippen molar-refractivity contribution in [3.8, 4) is 0 Å². The second-order valence-electron chi connectivity index (χ2n) is 6.18. The lowest BCUT2D eigenvalue weighted by atomic mass is 10.2. The predicted molar refractivity (Wildman–Crippen MR) is 93.6 cm³/mol. The van der Waals surface area contributed by atoms with Crippen LogP contribution in [0.3, 0.4) is 0 Å². The van der Waals surface area contributed by atoms with Gasteiger partial charge in [-0.05, 0) is 43.9 Å². The summed E-state index contributed by atoms with van der Waals surface area (Å²) in [6, 6.07) is 5.44. The van der Waals surface area contributed by atoms with Crippen LogP contribution in [0.2, 0.25) is 5.02 Å². The van der Waals surface area contributed by atoms with E-state index in [4.69, 9.17) is 11.6 Å². The molecule has 0 radical (unpaired) electrons. The number of halogens is 1. The maximum atomic E-state index is 12.5. The fourth-order valence-electron chi connectivity index (χ4n) is 2.83. The zero-order chi connectivity index (χ0) is 17.0. The molecule has 0 aromatic heterocycles. The first-order valence-electron chi connectivity index (χ1n) is 8.34. The summed E-state index contributed by atoms with van der Waals surface area (Å²) in [7, 11) is 0. The number of nitrogens with zero attached hydrogens (tertiary/aromatic N) is 1. The van der Waals surface area contributed by atoms with Gasteiger partial charge >= 0.3 is 0 Å². The summed E-state index contributed by atoms with van der Waals surface area (Å²) in [5.74, 6) is -0.331. The Labute approximate surface area is 143 Å². The molecule has 1 saturated carbocycles. The van der Waals surface area contributed by atoms with Gasteiger partial charge in [0.05, 0.1) is 11.8 Å². The Kier molecular flexibility index (Phi) is 6.05. The summed E-state index contributed by atoms with van der Waals surface area (Å²) in [5, 5.41) is 3.53. The third-order valence-corrected chi connectivity index (χ3v) is 4.68. The number of carbonyl (C=O) groups excluding carboxylic acids is 2. The van der Waals surface area contributed by atoms with E-state index < -0.39 is 0 Å². The fraction of sp³-hybridized carbons (Fsp3) is 0.556. The van der Waals surface area contributed by atoms with Crippen LogP contribution in [0.15, 0.2) is 18.2 Å². The molecule has 0 saturated heterocycles. The Balaban J connectivity index is 1.95. The number of nitrogens with one attached hydrogen (secondary N) is 1. The topological polar surface area (TPSA) is 49.4 Å². The van der Waals surface area contributed by atoms with Gasteiger partial charge in [0.2, 0.25) is 11.8 Å². The van der Waals surface area contributed by atoms with E-state index in [9.17, 15) is 9.59 Å². The quantitative estimate of drug-likeness (QED) is 0.821. The average Bonchev–Trinajstić information content (AvgIpc) is 3.31. The van der Waals surface area contributed by atoms with E-state index in [1.54, 1.807) is 6.07 Å². The van der Waals surface area contributed by atoms with E-state index in [0.29, 0.717) is 11.4 Å². The summed E-state index contributed by atoms with van der Waals surface area (Å²) in [4.78, 5) is 26.8.